The first kappa shape index (κ1) is 13.3. The molecular weight excluding hydrogens is 255 g/mol. The van der Waals surface area contributed by atoms with Crippen LogP contribution in [0.15, 0.2) is 17.0 Å². The highest BCUT2D eigenvalue weighted by Crippen LogP contribution is 2.28. The Morgan fingerprint density at radius 1 is 1.44 bits per heavy atom. The summed E-state index contributed by atoms with van der Waals surface area (Å²) in [6, 6.07) is 2.52. The van der Waals surface area contributed by atoms with Crippen LogP contribution in [0.5, 0.6) is 0 Å². The summed E-state index contributed by atoms with van der Waals surface area (Å²) in [7, 11) is -3.56. The van der Waals surface area contributed by atoms with E-state index in [-0.39, 0.29) is 22.2 Å². The van der Waals surface area contributed by atoms with Gasteiger partial charge < -0.3 is 5.73 Å². The normalized spacial score (nSPS) is 21.4. The minimum atomic E-state index is -3.56. The number of benzene rings is 1. The number of anilines is 1. The molecule has 0 amide bonds. The van der Waals surface area contributed by atoms with E-state index in [1.807, 2.05) is 6.92 Å². The van der Waals surface area contributed by atoms with Crippen molar-refractivity contribution < 1.29 is 12.8 Å². The van der Waals surface area contributed by atoms with Crippen LogP contribution in [0.2, 0.25) is 0 Å². The number of rotatable bonds is 2. The van der Waals surface area contributed by atoms with Gasteiger partial charge >= 0.3 is 0 Å². The number of nitrogens with zero attached hydrogens (tertiary/aromatic N) is 1. The van der Waals surface area contributed by atoms with E-state index < -0.39 is 15.8 Å². The molecule has 1 aromatic carbocycles. The molecule has 0 radical (unpaired) electrons. The number of hydrogen-bond donors (Lipinski definition) is 1. The van der Waals surface area contributed by atoms with Gasteiger partial charge in [0.1, 0.15) is 5.82 Å². The van der Waals surface area contributed by atoms with E-state index >= 15 is 0 Å². The molecule has 100 valence electrons. The van der Waals surface area contributed by atoms with Crippen LogP contribution in [0.3, 0.4) is 0 Å². The van der Waals surface area contributed by atoms with Crippen molar-refractivity contribution in [3.8, 4) is 0 Å². The van der Waals surface area contributed by atoms with Crippen LogP contribution in [0.25, 0.3) is 0 Å². The highest BCUT2D eigenvalue weighted by Gasteiger charge is 2.33. The van der Waals surface area contributed by atoms with Crippen molar-refractivity contribution in [3.05, 3.63) is 23.5 Å². The van der Waals surface area contributed by atoms with Gasteiger partial charge in [-0.2, -0.15) is 4.31 Å². The summed E-state index contributed by atoms with van der Waals surface area (Å²) in [6.07, 6.45) is 1.71. The lowest BCUT2D eigenvalue weighted by molar-refractivity contribution is 0.408. The summed E-state index contributed by atoms with van der Waals surface area (Å²) in [6.45, 7) is 3.90. The Morgan fingerprint density at radius 3 is 2.61 bits per heavy atom. The third-order valence-electron chi connectivity index (χ3n) is 3.35. The number of halogens is 1. The number of nitrogens with two attached hydrogens (primary N) is 1. The van der Waals surface area contributed by atoms with Gasteiger partial charge in [-0.25, -0.2) is 12.8 Å². The molecule has 1 saturated heterocycles. The second kappa shape index (κ2) is 4.51. The van der Waals surface area contributed by atoms with Gasteiger partial charge in [0.25, 0.3) is 0 Å². The summed E-state index contributed by atoms with van der Waals surface area (Å²) in [5.74, 6) is -0.552. The Hall–Kier alpha value is -1.14. The van der Waals surface area contributed by atoms with Crippen molar-refractivity contribution in [2.45, 2.75) is 37.6 Å². The molecule has 0 bridgehead atoms. The number of hydrogen-bond acceptors (Lipinski definition) is 3. The summed E-state index contributed by atoms with van der Waals surface area (Å²) in [5.41, 5.74) is 5.62. The van der Waals surface area contributed by atoms with Gasteiger partial charge in [0.15, 0.2) is 0 Å². The predicted molar refractivity (Wildman–Crippen MR) is 68.1 cm³/mol. The molecule has 18 heavy (non-hydrogen) atoms. The second-order valence-corrected chi connectivity index (χ2v) is 6.64. The monoisotopic (exact) mass is 272 g/mol. The molecule has 1 fully saturated rings. The molecule has 4 nitrogen and oxygen atoms in total. The molecule has 1 heterocycles. The van der Waals surface area contributed by atoms with Crippen LogP contribution in [-0.2, 0) is 10.0 Å². The molecule has 1 atom stereocenters. The van der Waals surface area contributed by atoms with Crippen LogP contribution >= 0.6 is 0 Å². The fourth-order valence-corrected chi connectivity index (χ4v) is 4.13. The molecule has 1 aliphatic rings. The third kappa shape index (κ3) is 2.10. The first-order valence-electron chi connectivity index (χ1n) is 5.91. The molecule has 2 rings (SSSR count). The molecule has 2 N–H and O–H groups in total. The van der Waals surface area contributed by atoms with Crippen molar-refractivity contribution in [2.24, 2.45) is 0 Å². The Balaban J connectivity index is 2.48. The van der Waals surface area contributed by atoms with Crippen molar-refractivity contribution in [1.82, 2.24) is 4.31 Å². The van der Waals surface area contributed by atoms with Gasteiger partial charge in [-0.3, -0.25) is 0 Å². The van der Waals surface area contributed by atoms with E-state index in [4.69, 9.17) is 5.73 Å². The van der Waals surface area contributed by atoms with Gasteiger partial charge in [-0.1, -0.05) is 0 Å². The number of nitrogen functional groups attached to an aromatic ring is 1. The topological polar surface area (TPSA) is 63.4 Å². The fraction of sp³-hybridized carbons (Fsp3) is 0.500. The maximum Gasteiger partial charge on any atom is 0.243 e. The summed E-state index contributed by atoms with van der Waals surface area (Å²) in [4.78, 5) is 0.0765. The standard InChI is InChI=1S/C12H17FN2O2S/c1-8-6-10(7-11(14)12(8)13)18(16,17)15-5-3-4-9(15)2/h6-7,9H,3-5,14H2,1-2H3. The predicted octanol–water partition coefficient (Wildman–Crippen LogP) is 1.89. The average molecular weight is 272 g/mol. The zero-order chi connectivity index (χ0) is 13.5. The summed E-state index contributed by atoms with van der Waals surface area (Å²) in [5, 5.41) is 0. The second-order valence-electron chi connectivity index (χ2n) is 4.75. The Labute approximate surface area is 107 Å². The SMILES string of the molecule is Cc1cc(S(=O)(=O)N2CCCC2C)cc(N)c1F. The Morgan fingerprint density at radius 2 is 2.11 bits per heavy atom. The van der Waals surface area contributed by atoms with Gasteiger partial charge in [-0.05, 0) is 44.4 Å². The molecule has 1 aromatic rings. The molecule has 0 saturated carbocycles. The van der Waals surface area contributed by atoms with E-state index in [2.05, 4.69) is 0 Å². The average Bonchev–Trinajstić information content (AvgIpc) is 2.72. The Bertz CT molecular complexity index is 548. The molecule has 0 aliphatic carbocycles. The maximum absolute atomic E-state index is 13.4. The van der Waals surface area contributed by atoms with Crippen molar-refractivity contribution in [2.75, 3.05) is 12.3 Å². The fourth-order valence-electron chi connectivity index (χ4n) is 2.31. The van der Waals surface area contributed by atoms with Crippen LogP contribution in [0.4, 0.5) is 10.1 Å². The minimum absolute atomic E-state index is 0.0124. The quantitative estimate of drug-likeness (QED) is 0.836. The van der Waals surface area contributed by atoms with Crippen LogP contribution < -0.4 is 5.73 Å². The van der Waals surface area contributed by atoms with Crippen molar-refractivity contribution in [1.29, 1.82) is 0 Å². The smallest absolute Gasteiger partial charge is 0.243 e. The molecule has 1 unspecified atom stereocenters. The van der Waals surface area contributed by atoms with E-state index in [9.17, 15) is 12.8 Å². The van der Waals surface area contributed by atoms with Crippen LogP contribution in [0, 0.1) is 12.7 Å². The highest BCUT2D eigenvalue weighted by atomic mass is 32.2. The maximum atomic E-state index is 13.4. The number of aryl methyl sites for hydroxylation is 1. The molecule has 0 aromatic heterocycles. The molecule has 0 spiro atoms. The lowest BCUT2D eigenvalue weighted by Crippen LogP contribution is -2.33. The zero-order valence-electron chi connectivity index (χ0n) is 10.5. The van der Waals surface area contributed by atoms with Crippen molar-refractivity contribution in [3.63, 3.8) is 0 Å². The van der Waals surface area contributed by atoms with E-state index in [1.54, 1.807) is 0 Å². The van der Waals surface area contributed by atoms with Crippen molar-refractivity contribution >= 4 is 15.7 Å². The van der Waals surface area contributed by atoms with Gasteiger partial charge in [0.05, 0.1) is 10.6 Å². The molecular formula is C12H17FN2O2S. The first-order valence-corrected chi connectivity index (χ1v) is 7.35. The van der Waals surface area contributed by atoms with E-state index in [1.165, 1.54) is 23.4 Å². The summed E-state index contributed by atoms with van der Waals surface area (Å²) < 4.78 is 39.7. The lowest BCUT2D eigenvalue weighted by Gasteiger charge is -2.21. The largest absolute Gasteiger partial charge is 0.396 e. The van der Waals surface area contributed by atoms with Gasteiger partial charge in [0, 0.05) is 12.6 Å². The van der Waals surface area contributed by atoms with Crippen LogP contribution in [-0.4, -0.2) is 25.3 Å². The van der Waals surface area contributed by atoms with Gasteiger partial charge in [-0.15, -0.1) is 0 Å². The van der Waals surface area contributed by atoms with E-state index in [0.717, 1.165) is 12.8 Å². The number of sulfonamides is 1. The third-order valence-corrected chi connectivity index (χ3v) is 5.35. The zero-order valence-corrected chi connectivity index (χ0v) is 11.3. The first-order chi connectivity index (χ1) is 8.34. The lowest BCUT2D eigenvalue weighted by atomic mass is 10.2. The minimum Gasteiger partial charge on any atom is -0.396 e. The molecule has 6 heteroatoms. The Kier molecular flexibility index (Phi) is 3.33. The van der Waals surface area contributed by atoms with E-state index in [0.29, 0.717) is 6.54 Å². The summed E-state index contributed by atoms with van der Waals surface area (Å²) >= 11 is 0. The molecule has 1 aliphatic heterocycles. The highest BCUT2D eigenvalue weighted by molar-refractivity contribution is 7.89. The van der Waals surface area contributed by atoms with Crippen LogP contribution in [0.1, 0.15) is 25.3 Å². The van der Waals surface area contributed by atoms with Gasteiger partial charge in [0.2, 0.25) is 10.0 Å².